The van der Waals surface area contributed by atoms with Crippen molar-refractivity contribution in [3.63, 3.8) is 0 Å². The van der Waals surface area contributed by atoms with E-state index in [9.17, 15) is 18.0 Å². The van der Waals surface area contributed by atoms with E-state index in [2.05, 4.69) is 0 Å². The molecule has 110 valence electrons. The van der Waals surface area contributed by atoms with Gasteiger partial charge in [0.2, 0.25) is 0 Å². The minimum Gasteiger partial charge on any atom is -0.369 e. The van der Waals surface area contributed by atoms with Crippen LogP contribution in [0.2, 0.25) is 0 Å². The number of carbonyl (C=O) groups is 1. The summed E-state index contributed by atoms with van der Waals surface area (Å²) in [4.78, 5) is 12.8. The van der Waals surface area contributed by atoms with Crippen LogP contribution in [0.25, 0.3) is 0 Å². The van der Waals surface area contributed by atoms with Gasteiger partial charge in [-0.05, 0) is 43.9 Å². The lowest BCUT2D eigenvalue weighted by atomic mass is 9.98. The van der Waals surface area contributed by atoms with E-state index in [1.807, 2.05) is 11.8 Å². The third-order valence-electron chi connectivity index (χ3n) is 3.90. The molecule has 1 fully saturated rings. The van der Waals surface area contributed by atoms with Crippen LogP contribution in [0.5, 0.6) is 0 Å². The van der Waals surface area contributed by atoms with E-state index in [-0.39, 0.29) is 17.9 Å². The predicted octanol–water partition coefficient (Wildman–Crippen LogP) is 4.29. The summed E-state index contributed by atoms with van der Waals surface area (Å²) < 4.78 is 39.0. The molecule has 0 radical (unpaired) electrons. The van der Waals surface area contributed by atoms with Crippen LogP contribution >= 0.6 is 0 Å². The van der Waals surface area contributed by atoms with Crippen LogP contribution in [-0.2, 0) is 6.18 Å². The summed E-state index contributed by atoms with van der Waals surface area (Å²) in [6.07, 6.45) is -0.200. The monoisotopic (exact) mass is 285 g/mol. The Morgan fingerprint density at radius 2 is 2.10 bits per heavy atom. The fourth-order valence-electron chi connectivity index (χ4n) is 2.84. The van der Waals surface area contributed by atoms with Crippen LogP contribution in [0, 0.1) is 0 Å². The zero-order valence-electron chi connectivity index (χ0n) is 11.4. The lowest BCUT2D eigenvalue weighted by Crippen LogP contribution is -2.39. The number of rotatable bonds is 3. The van der Waals surface area contributed by atoms with E-state index >= 15 is 0 Å². The molecule has 0 saturated carbocycles. The van der Waals surface area contributed by atoms with Crippen LogP contribution in [-0.4, -0.2) is 18.9 Å². The van der Waals surface area contributed by atoms with Gasteiger partial charge in [0, 0.05) is 23.8 Å². The topological polar surface area (TPSA) is 20.3 Å². The number of hydrogen-bond donors (Lipinski definition) is 0. The van der Waals surface area contributed by atoms with E-state index in [1.165, 1.54) is 6.07 Å². The van der Waals surface area contributed by atoms with Crippen molar-refractivity contribution >= 4 is 12.0 Å². The fourth-order valence-corrected chi connectivity index (χ4v) is 2.84. The largest absolute Gasteiger partial charge is 0.417 e. The number of halogens is 3. The summed E-state index contributed by atoms with van der Waals surface area (Å²) in [5, 5.41) is 0. The molecule has 1 unspecified atom stereocenters. The van der Waals surface area contributed by atoms with Gasteiger partial charge in [0.1, 0.15) is 0 Å². The Labute approximate surface area is 116 Å². The molecule has 0 bridgehead atoms. The Hall–Kier alpha value is -1.52. The molecule has 1 aliphatic rings. The van der Waals surface area contributed by atoms with Gasteiger partial charge in [0.05, 0.1) is 5.56 Å². The molecule has 0 spiro atoms. The molecule has 0 amide bonds. The van der Waals surface area contributed by atoms with Crippen molar-refractivity contribution in [1.29, 1.82) is 0 Å². The second-order valence-electron chi connectivity index (χ2n) is 5.14. The summed E-state index contributed by atoms with van der Waals surface area (Å²) in [6.45, 7) is 2.82. The third kappa shape index (κ3) is 2.97. The molecule has 1 aliphatic heterocycles. The molecule has 1 saturated heterocycles. The van der Waals surface area contributed by atoms with Gasteiger partial charge in [-0.2, -0.15) is 13.2 Å². The Balaban J connectivity index is 2.39. The zero-order valence-corrected chi connectivity index (χ0v) is 11.4. The fraction of sp³-hybridized carbons (Fsp3) is 0.533. The first-order valence-electron chi connectivity index (χ1n) is 6.90. The van der Waals surface area contributed by atoms with Crippen LogP contribution in [0.15, 0.2) is 18.2 Å². The quantitative estimate of drug-likeness (QED) is 0.772. The van der Waals surface area contributed by atoms with Crippen LogP contribution in [0.3, 0.4) is 0 Å². The number of carbonyl (C=O) groups excluding carboxylic acids is 1. The molecule has 0 aliphatic carbocycles. The standard InChI is InChI=1S/C15H18F3NO/c1-2-12-5-3-4-8-19(12)13-7-6-11(10-20)14(9-13)15(16,17)18/h6-7,9-10,12H,2-5,8H2,1H3. The molecule has 1 heterocycles. The Morgan fingerprint density at radius 1 is 1.35 bits per heavy atom. The first-order chi connectivity index (χ1) is 9.47. The first-order valence-corrected chi connectivity index (χ1v) is 6.90. The first kappa shape index (κ1) is 14.9. The molecular formula is C15H18F3NO. The average Bonchev–Trinajstić information content (AvgIpc) is 2.45. The van der Waals surface area contributed by atoms with Crippen molar-refractivity contribution in [3.8, 4) is 0 Å². The van der Waals surface area contributed by atoms with Gasteiger partial charge in [-0.3, -0.25) is 4.79 Å². The molecule has 5 heteroatoms. The maximum absolute atomic E-state index is 13.0. The number of benzene rings is 1. The second-order valence-corrected chi connectivity index (χ2v) is 5.14. The molecular weight excluding hydrogens is 267 g/mol. The number of piperidine rings is 1. The average molecular weight is 285 g/mol. The summed E-state index contributed by atoms with van der Waals surface area (Å²) >= 11 is 0. The van der Waals surface area contributed by atoms with Crippen LogP contribution in [0.4, 0.5) is 18.9 Å². The van der Waals surface area contributed by atoms with Gasteiger partial charge in [0.25, 0.3) is 0 Å². The van der Waals surface area contributed by atoms with Gasteiger partial charge in [0.15, 0.2) is 6.29 Å². The molecule has 1 aromatic carbocycles. The molecule has 0 aromatic heterocycles. The predicted molar refractivity (Wildman–Crippen MR) is 72.1 cm³/mol. The summed E-state index contributed by atoms with van der Waals surface area (Å²) in [5.74, 6) is 0. The molecule has 20 heavy (non-hydrogen) atoms. The minimum atomic E-state index is -4.50. The van der Waals surface area contributed by atoms with Crippen molar-refractivity contribution in [2.45, 2.75) is 44.8 Å². The van der Waals surface area contributed by atoms with E-state index < -0.39 is 11.7 Å². The highest BCUT2D eigenvalue weighted by atomic mass is 19.4. The van der Waals surface area contributed by atoms with Gasteiger partial charge < -0.3 is 4.90 Å². The van der Waals surface area contributed by atoms with Crippen LogP contribution < -0.4 is 4.90 Å². The van der Waals surface area contributed by atoms with E-state index in [4.69, 9.17) is 0 Å². The Morgan fingerprint density at radius 3 is 2.70 bits per heavy atom. The minimum absolute atomic E-state index is 0.264. The summed E-state index contributed by atoms with van der Waals surface area (Å²) in [5.41, 5.74) is -0.578. The van der Waals surface area contributed by atoms with Crippen molar-refractivity contribution in [2.75, 3.05) is 11.4 Å². The van der Waals surface area contributed by atoms with E-state index in [1.54, 1.807) is 6.07 Å². The Bertz CT molecular complexity index is 484. The van der Waals surface area contributed by atoms with Crippen LogP contribution in [0.1, 0.15) is 48.5 Å². The SMILES string of the molecule is CCC1CCCCN1c1ccc(C=O)c(C(F)(F)F)c1. The number of aldehydes is 1. The highest BCUT2D eigenvalue weighted by Gasteiger charge is 2.34. The highest BCUT2D eigenvalue weighted by molar-refractivity contribution is 5.79. The smallest absolute Gasteiger partial charge is 0.369 e. The Kier molecular flexibility index (Phi) is 4.35. The normalized spacial score (nSPS) is 20.0. The summed E-state index contributed by atoms with van der Waals surface area (Å²) in [6, 6.07) is 4.28. The van der Waals surface area contributed by atoms with E-state index in [0.29, 0.717) is 5.69 Å². The molecule has 1 aromatic rings. The van der Waals surface area contributed by atoms with Crippen molar-refractivity contribution in [3.05, 3.63) is 29.3 Å². The number of alkyl halides is 3. The van der Waals surface area contributed by atoms with Crippen molar-refractivity contribution in [1.82, 2.24) is 0 Å². The third-order valence-corrected chi connectivity index (χ3v) is 3.90. The lowest BCUT2D eigenvalue weighted by Gasteiger charge is -2.37. The van der Waals surface area contributed by atoms with Crippen molar-refractivity contribution in [2.24, 2.45) is 0 Å². The molecule has 1 atom stereocenters. The maximum Gasteiger partial charge on any atom is 0.417 e. The van der Waals surface area contributed by atoms with Gasteiger partial charge in [-0.25, -0.2) is 0 Å². The highest BCUT2D eigenvalue weighted by Crippen LogP contribution is 2.35. The van der Waals surface area contributed by atoms with Gasteiger partial charge >= 0.3 is 6.18 Å². The lowest BCUT2D eigenvalue weighted by molar-refractivity contribution is -0.137. The number of nitrogens with zero attached hydrogens (tertiary/aromatic N) is 1. The number of hydrogen-bond acceptors (Lipinski definition) is 2. The van der Waals surface area contributed by atoms with Crippen molar-refractivity contribution < 1.29 is 18.0 Å². The molecule has 2 nitrogen and oxygen atoms in total. The molecule has 2 rings (SSSR count). The maximum atomic E-state index is 13.0. The second kappa shape index (κ2) is 5.85. The zero-order chi connectivity index (χ0) is 14.8. The van der Waals surface area contributed by atoms with Gasteiger partial charge in [-0.1, -0.05) is 6.92 Å². The summed E-state index contributed by atoms with van der Waals surface area (Å²) in [7, 11) is 0. The number of anilines is 1. The van der Waals surface area contributed by atoms with E-state index in [0.717, 1.165) is 38.3 Å². The van der Waals surface area contributed by atoms with Gasteiger partial charge in [-0.15, -0.1) is 0 Å². The molecule has 0 N–H and O–H groups in total.